The topological polar surface area (TPSA) is 77.5 Å². The van der Waals surface area contributed by atoms with Crippen LogP contribution in [0.25, 0.3) is 0 Å². The van der Waals surface area contributed by atoms with Crippen molar-refractivity contribution in [2.75, 3.05) is 12.9 Å². The van der Waals surface area contributed by atoms with E-state index >= 15 is 0 Å². The number of carbonyl (C=O) groups excluding carboxylic acids is 2. The second kappa shape index (κ2) is 4.40. The molecule has 0 spiro atoms. The quantitative estimate of drug-likeness (QED) is 0.722. The molecule has 0 unspecified atom stereocenters. The van der Waals surface area contributed by atoms with Gasteiger partial charge >= 0.3 is 5.97 Å². The molecule has 0 N–H and O–H groups in total. The van der Waals surface area contributed by atoms with Crippen molar-refractivity contribution < 1.29 is 22.7 Å². The van der Waals surface area contributed by atoms with Crippen LogP contribution >= 0.6 is 11.8 Å². The van der Waals surface area contributed by atoms with Crippen molar-refractivity contribution in [2.45, 2.75) is 16.7 Å². The van der Waals surface area contributed by atoms with E-state index in [1.807, 2.05) is 0 Å². The van der Waals surface area contributed by atoms with Crippen molar-refractivity contribution in [3.05, 3.63) is 23.3 Å². The van der Waals surface area contributed by atoms with Gasteiger partial charge in [0.05, 0.1) is 23.3 Å². The number of benzene rings is 1. The Morgan fingerprint density at radius 2 is 2.06 bits per heavy atom. The first-order valence-electron chi connectivity index (χ1n) is 5.01. The molecule has 1 aromatic rings. The minimum Gasteiger partial charge on any atom is -0.465 e. The molecule has 0 radical (unpaired) electrons. The summed E-state index contributed by atoms with van der Waals surface area (Å²) in [5, 5.41) is -0.834. The number of hydrogen-bond acceptors (Lipinski definition) is 6. The number of hydrogen-bond donors (Lipinski definition) is 0. The fourth-order valence-corrected chi connectivity index (χ4v) is 4.53. The van der Waals surface area contributed by atoms with Crippen molar-refractivity contribution in [3.8, 4) is 0 Å². The van der Waals surface area contributed by atoms with Gasteiger partial charge in [-0.2, -0.15) is 0 Å². The molecule has 1 aliphatic rings. The monoisotopic (exact) mass is 286 g/mol. The highest BCUT2D eigenvalue weighted by Crippen LogP contribution is 2.35. The van der Waals surface area contributed by atoms with E-state index in [9.17, 15) is 18.0 Å². The normalized spacial score (nSPS) is 17.1. The van der Waals surface area contributed by atoms with Gasteiger partial charge in [-0.05, 0) is 24.6 Å². The summed E-state index contributed by atoms with van der Waals surface area (Å²) in [4.78, 5) is 23.3. The molecule has 18 heavy (non-hydrogen) atoms. The highest BCUT2D eigenvalue weighted by Gasteiger charge is 2.33. The first kappa shape index (κ1) is 13.1. The molecule has 0 aromatic heterocycles. The van der Waals surface area contributed by atoms with Gasteiger partial charge < -0.3 is 4.74 Å². The third kappa shape index (κ3) is 1.93. The summed E-state index contributed by atoms with van der Waals surface area (Å²) < 4.78 is 28.3. The van der Waals surface area contributed by atoms with Crippen LogP contribution in [-0.2, 0) is 19.4 Å². The molecule has 0 aliphatic carbocycles. The van der Waals surface area contributed by atoms with Gasteiger partial charge in [0, 0.05) is 4.90 Å². The zero-order valence-corrected chi connectivity index (χ0v) is 11.4. The summed E-state index contributed by atoms with van der Waals surface area (Å²) in [5.41, 5.74) is 0.785. The van der Waals surface area contributed by atoms with Crippen LogP contribution in [0.15, 0.2) is 21.9 Å². The average molecular weight is 286 g/mol. The van der Waals surface area contributed by atoms with Crippen LogP contribution in [0.1, 0.15) is 15.9 Å². The molecule has 0 fully saturated rings. The van der Waals surface area contributed by atoms with E-state index in [2.05, 4.69) is 4.74 Å². The van der Waals surface area contributed by atoms with E-state index in [1.54, 1.807) is 13.0 Å². The van der Waals surface area contributed by atoms with E-state index in [0.717, 1.165) is 11.8 Å². The molecule has 0 bridgehead atoms. The van der Waals surface area contributed by atoms with Crippen LogP contribution in [0.4, 0.5) is 0 Å². The molecular formula is C11H10O5S2. The molecular weight excluding hydrogens is 276 g/mol. The summed E-state index contributed by atoms with van der Waals surface area (Å²) in [6.45, 7) is 1.69. The predicted octanol–water partition coefficient (Wildman–Crippen LogP) is 1.19. The van der Waals surface area contributed by atoms with E-state index < -0.39 is 20.9 Å². The Balaban J connectivity index is 2.70. The molecule has 2 rings (SSSR count). The number of aryl methyl sites for hydroxylation is 1. The second-order valence-electron chi connectivity index (χ2n) is 3.77. The third-order valence-corrected chi connectivity index (χ3v) is 5.66. The number of fused-ring (bicyclic) bond motifs is 1. The highest BCUT2D eigenvalue weighted by atomic mass is 32.2. The maximum atomic E-state index is 11.9. The minimum absolute atomic E-state index is 0.0909. The van der Waals surface area contributed by atoms with Crippen LogP contribution in [0, 0.1) is 6.92 Å². The van der Waals surface area contributed by atoms with E-state index in [0.29, 0.717) is 10.5 Å². The molecule has 0 saturated heterocycles. The number of methoxy groups -OCH3 is 1. The summed E-state index contributed by atoms with van der Waals surface area (Å²) in [7, 11) is -2.75. The lowest BCUT2D eigenvalue weighted by Crippen LogP contribution is -2.22. The predicted molar refractivity (Wildman–Crippen MR) is 65.4 cm³/mol. The number of thioether (sulfide) groups is 1. The Kier molecular flexibility index (Phi) is 3.20. The molecule has 1 aromatic carbocycles. The van der Waals surface area contributed by atoms with Gasteiger partial charge in [-0.15, -0.1) is 11.8 Å². The van der Waals surface area contributed by atoms with E-state index in [-0.39, 0.29) is 16.2 Å². The molecule has 0 atom stereocenters. The van der Waals surface area contributed by atoms with Gasteiger partial charge in [-0.3, -0.25) is 4.79 Å². The summed E-state index contributed by atoms with van der Waals surface area (Å²) in [6.07, 6.45) is 0. The molecule has 1 aliphatic heterocycles. The maximum Gasteiger partial charge on any atom is 0.338 e. The minimum atomic E-state index is -3.97. The average Bonchev–Trinajstić information content (AvgIpc) is 2.33. The van der Waals surface area contributed by atoms with Crippen molar-refractivity contribution in [3.63, 3.8) is 0 Å². The molecule has 7 heteroatoms. The molecule has 0 saturated carbocycles. The van der Waals surface area contributed by atoms with Gasteiger partial charge in [0.25, 0.3) is 5.12 Å². The summed E-state index contributed by atoms with van der Waals surface area (Å²) >= 11 is 1.16. The first-order valence-corrected chi connectivity index (χ1v) is 7.48. The van der Waals surface area contributed by atoms with E-state index in [1.165, 1.54) is 13.2 Å². The van der Waals surface area contributed by atoms with Crippen molar-refractivity contribution >= 4 is 32.7 Å². The lowest BCUT2D eigenvalue weighted by atomic mass is 10.1. The largest absolute Gasteiger partial charge is 0.465 e. The van der Waals surface area contributed by atoms with E-state index in [4.69, 9.17) is 0 Å². The molecule has 5 nitrogen and oxygen atoms in total. The number of rotatable bonds is 1. The van der Waals surface area contributed by atoms with Crippen molar-refractivity contribution in [1.29, 1.82) is 0 Å². The summed E-state index contributed by atoms with van der Waals surface area (Å²) in [6, 6.07) is 2.81. The van der Waals surface area contributed by atoms with Gasteiger partial charge in [0.15, 0.2) is 0 Å². The molecule has 1 heterocycles. The van der Waals surface area contributed by atoms with Gasteiger partial charge in [0.2, 0.25) is 9.84 Å². The molecule has 96 valence electrons. The third-order valence-electron chi connectivity index (χ3n) is 2.63. The fraction of sp³-hybridized carbons (Fsp3) is 0.273. The Bertz CT molecular complexity index is 646. The van der Waals surface area contributed by atoms with Gasteiger partial charge in [0.1, 0.15) is 0 Å². The highest BCUT2D eigenvalue weighted by molar-refractivity contribution is 8.12. The fourth-order valence-electron chi connectivity index (χ4n) is 1.65. The number of esters is 1. The smallest absolute Gasteiger partial charge is 0.338 e. The van der Waals surface area contributed by atoms with Crippen molar-refractivity contribution in [2.24, 2.45) is 0 Å². The zero-order valence-electron chi connectivity index (χ0n) is 9.72. The van der Waals surface area contributed by atoms with Crippen molar-refractivity contribution in [1.82, 2.24) is 0 Å². The molecule has 0 amide bonds. The Labute approximate surface area is 108 Å². The Morgan fingerprint density at radius 3 is 2.67 bits per heavy atom. The second-order valence-corrected chi connectivity index (χ2v) is 6.69. The van der Waals surface area contributed by atoms with Gasteiger partial charge in [-0.25, -0.2) is 13.2 Å². The number of sulfone groups is 1. The van der Waals surface area contributed by atoms with Crippen LogP contribution in [0.3, 0.4) is 0 Å². The first-order chi connectivity index (χ1) is 8.37. The Hall–Kier alpha value is -1.34. The zero-order chi connectivity index (χ0) is 13.5. The summed E-state index contributed by atoms with van der Waals surface area (Å²) in [5.74, 6) is -0.708. The lowest BCUT2D eigenvalue weighted by Gasteiger charge is -2.16. The van der Waals surface area contributed by atoms with Crippen LogP contribution in [0.2, 0.25) is 0 Å². The van der Waals surface area contributed by atoms with Crippen LogP contribution < -0.4 is 0 Å². The standard InChI is InChI=1S/C11H10O5S2/c1-6-3-8-9(4-7(6)11(13)16-2)18(14,15)10(12)5-17-8/h3-4H,5H2,1-2H3. The van der Waals surface area contributed by atoms with Crippen LogP contribution in [0.5, 0.6) is 0 Å². The number of ether oxygens (including phenoxy) is 1. The maximum absolute atomic E-state index is 11.9. The lowest BCUT2D eigenvalue weighted by molar-refractivity contribution is -0.109. The van der Waals surface area contributed by atoms with Crippen LogP contribution in [-0.4, -0.2) is 32.4 Å². The Morgan fingerprint density at radius 1 is 1.39 bits per heavy atom. The van der Waals surface area contributed by atoms with Gasteiger partial charge in [-0.1, -0.05) is 0 Å². The number of carbonyl (C=O) groups is 2. The SMILES string of the molecule is COC(=O)c1cc2c(cc1C)SCC(=O)S2(=O)=O.